The van der Waals surface area contributed by atoms with Crippen LogP contribution in [0, 0.1) is 0 Å². The Kier molecular flexibility index (Phi) is 21.4. The molecule has 0 unspecified atom stereocenters. The Balaban J connectivity index is 0.000000110. The van der Waals surface area contributed by atoms with Crippen LogP contribution >= 0.6 is 0 Å². The van der Waals surface area contributed by atoms with Gasteiger partial charge in [0.1, 0.15) is 17.2 Å². The van der Waals surface area contributed by atoms with E-state index >= 15 is 0 Å². The van der Waals surface area contributed by atoms with E-state index in [9.17, 15) is 0 Å². The van der Waals surface area contributed by atoms with Gasteiger partial charge in [0.25, 0.3) is 0 Å². The van der Waals surface area contributed by atoms with Crippen molar-refractivity contribution in [2.24, 2.45) is 21.1 Å². The molecular weight excluding hydrogens is 1750 g/mol. The minimum absolute atomic E-state index is 0.819. The van der Waals surface area contributed by atoms with Gasteiger partial charge in [0.2, 0.25) is 0 Å². The van der Waals surface area contributed by atoms with Crippen LogP contribution in [-0.4, -0.2) is 48.6 Å². The summed E-state index contributed by atoms with van der Waals surface area (Å²) in [7, 11) is 6.24. The van der Waals surface area contributed by atoms with Crippen LogP contribution in [0.3, 0.4) is 0 Å². The summed E-state index contributed by atoms with van der Waals surface area (Å²) in [4.78, 5) is 35.2. The van der Waals surface area contributed by atoms with Gasteiger partial charge < -0.3 is 13.7 Å². The monoisotopic (exact) mass is 1840 g/mol. The SMILES string of the molecule is Cn1c(-c2cc(-c3ccccc3)nc(-c3ccccc3)c2)nc2cc(-c3c4ccccc4c(-c4ccc5ccccc5c4)c4ccccc34)ccc21.Cn1c(-c2cccc(-c3ccccc3)n2)nc2cc(-c3c4ccccc4c(-c4ccc5ccccc5c4)c4ccccc34)ccc21.Cn1c(-c2cccc(-c3ccccn3)n2)nc2cc(-c3c4ccccc4c(-c4ccc5ccccc5c4)c4ccccc34)ccc21. The van der Waals surface area contributed by atoms with E-state index in [1.165, 1.54) is 147 Å². The highest BCUT2D eigenvalue weighted by Crippen LogP contribution is 2.50. The molecule has 10 nitrogen and oxygen atoms in total. The maximum Gasteiger partial charge on any atom is 0.159 e. The van der Waals surface area contributed by atoms with Gasteiger partial charge in [-0.1, -0.05) is 382 Å². The number of rotatable bonds is 13. The van der Waals surface area contributed by atoms with Crippen molar-refractivity contribution in [3.8, 4) is 146 Å². The van der Waals surface area contributed by atoms with E-state index in [0.717, 1.165) is 129 Å². The molecule has 7 heterocycles. The van der Waals surface area contributed by atoms with Gasteiger partial charge in [0.15, 0.2) is 11.6 Å². The molecule has 0 saturated heterocycles. The first kappa shape index (κ1) is 85.4. The molecule has 0 radical (unpaired) electrons. The largest absolute Gasteiger partial charge is 0.327 e. The number of pyridine rings is 4. The van der Waals surface area contributed by atoms with E-state index in [4.69, 9.17) is 29.9 Å². The molecule has 0 aliphatic rings. The molecule has 7 aromatic heterocycles. The zero-order chi connectivity index (χ0) is 95.8. The number of hydrogen-bond donors (Lipinski definition) is 0. The Morgan fingerprint density at radius 2 is 0.389 bits per heavy atom. The van der Waals surface area contributed by atoms with Crippen LogP contribution in [0.2, 0.25) is 0 Å². The second-order valence-corrected chi connectivity index (χ2v) is 37.1. The van der Waals surface area contributed by atoms with E-state index in [1.807, 2.05) is 72.8 Å². The summed E-state index contributed by atoms with van der Waals surface area (Å²) in [5.74, 6) is 2.59. The summed E-state index contributed by atoms with van der Waals surface area (Å²) in [6, 6.07) is 173. The van der Waals surface area contributed by atoms with Crippen molar-refractivity contribution >= 4 is 130 Å². The second-order valence-electron chi connectivity index (χ2n) is 37.1. The summed E-state index contributed by atoms with van der Waals surface area (Å²) >= 11 is 0. The highest BCUT2D eigenvalue weighted by atomic mass is 15.1. The summed E-state index contributed by atoms with van der Waals surface area (Å²) in [5.41, 5.74) is 31.1. The molecule has 10 heteroatoms. The third-order valence-electron chi connectivity index (χ3n) is 28.6. The first-order valence-electron chi connectivity index (χ1n) is 48.9. The average molecular weight is 1840 g/mol. The van der Waals surface area contributed by atoms with E-state index in [0.29, 0.717) is 0 Å². The lowest BCUT2D eigenvalue weighted by atomic mass is 9.85. The molecule has 144 heavy (non-hydrogen) atoms. The predicted octanol–water partition coefficient (Wildman–Crippen LogP) is 34.3. The molecule has 0 fully saturated rings. The summed E-state index contributed by atoms with van der Waals surface area (Å²) in [6.45, 7) is 0. The number of aryl methyl sites for hydroxylation is 3. The minimum atomic E-state index is 0.819. The third-order valence-corrected chi connectivity index (χ3v) is 28.6. The lowest BCUT2D eigenvalue weighted by Crippen LogP contribution is -1.96. The van der Waals surface area contributed by atoms with E-state index in [2.05, 4.69) is 452 Å². The summed E-state index contributed by atoms with van der Waals surface area (Å²) in [5, 5.41) is 22.3. The average Bonchev–Trinajstić information content (AvgIpc) is 1.02. The van der Waals surface area contributed by atoms with Gasteiger partial charge >= 0.3 is 0 Å². The van der Waals surface area contributed by atoms with Crippen molar-refractivity contribution in [3.63, 3.8) is 0 Å². The molecule has 28 aromatic rings. The molecule has 0 aliphatic carbocycles. The Morgan fingerprint density at radius 1 is 0.146 bits per heavy atom. The summed E-state index contributed by atoms with van der Waals surface area (Å²) < 4.78 is 6.48. The van der Waals surface area contributed by atoms with Crippen molar-refractivity contribution in [3.05, 3.63) is 492 Å². The predicted molar refractivity (Wildman–Crippen MR) is 602 cm³/mol. The molecule has 0 N–H and O–H groups in total. The number of aromatic nitrogens is 10. The van der Waals surface area contributed by atoms with Crippen LogP contribution < -0.4 is 0 Å². The smallest absolute Gasteiger partial charge is 0.159 e. The second kappa shape index (κ2) is 36.1. The standard InChI is InChI=1S/C49H33N3.C43H29N3.C42H28N4/c1-52-46-27-26-37(29-45(46)51-49(52)38-30-43(33-15-4-2-5-16-33)50-44(31-38)34-17-6-3-7-18-34)48-41-22-12-10-20-39(41)47(40-21-11-13-23-42(40)48)36-25-24-32-14-8-9-19-35(32)28-36;1-46-40-25-24-32(27-39(40)45-43(46)38-21-11-20-37(44-38)29-13-3-2-4-14-29)42-35-18-9-7-16-33(35)41(34-17-8-10-19-36(34)42)31-23-22-28-12-5-6-15-30(28)26-31;1-46-39-23-22-30(26-38(39)45-42(46)37-19-10-18-36(44-37)35-17-8-9-24-43-35)41-33-15-6-4-13-31(33)40(32-14-5-7-16-34(32)41)29-21-20-27-11-2-3-12-28(27)25-29/h2-31H,1H3;2-27H,1H3;2-26H,1H3. The number of benzene rings is 21. The number of imidazole rings is 3. The quantitative estimate of drug-likeness (QED) is 0.106. The molecule has 0 bridgehead atoms. The van der Waals surface area contributed by atoms with Gasteiger partial charge in [0, 0.05) is 49.6 Å². The normalized spacial score (nSPS) is 11.6. The van der Waals surface area contributed by atoms with E-state index in [1.54, 1.807) is 6.20 Å². The van der Waals surface area contributed by atoms with Crippen molar-refractivity contribution in [1.82, 2.24) is 48.6 Å². The van der Waals surface area contributed by atoms with Crippen molar-refractivity contribution in [2.45, 2.75) is 0 Å². The first-order valence-corrected chi connectivity index (χ1v) is 48.9. The fourth-order valence-electron chi connectivity index (χ4n) is 21.8. The van der Waals surface area contributed by atoms with Gasteiger partial charge in [-0.3, -0.25) is 4.98 Å². The number of nitrogens with zero attached hydrogens (tertiary/aromatic N) is 10. The highest BCUT2D eigenvalue weighted by Gasteiger charge is 2.26. The van der Waals surface area contributed by atoms with Crippen LogP contribution in [0.5, 0.6) is 0 Å². The molecule has 28 rings (SSSR count). The molecular formula is C134H90N10. The van der Waals surface area contributed by atoms with Crippen LogP contribution in [-0.2, 0) is 21.1 Å². The number of hydrogen-bond acceptors (Lipinski definition) is 7. The van der Waals surface area contributed by atoms with Crippen molar-refractivity contribution < 1.29 is 0 Å². The van der Waals surface area contributed by atoms with Crippen LogP contribution in [0.1, 0.15) is 0 Å². The topological polar surface area (TPSA) is 105 Å². The zero-order valence-corrected chi connectivity index (χ0v) is 79.2. The molecule has 0 saturated carbocycles. The fraction of sp³-hybridized carbons (Fsp3) is 0.0224. The fourth-order valence-corrected chi connectivity index (χ4v) is 21.8. The molecule has 0 spiro atoms. The van der Waals surface area contributed by atoms with Gasteiger partial charge in [-0.15, -0.1) is 0 Å². The van der Waals surface area contributed by atoms with Crippen molar-refractivity contribution in [1.29, 1.82) is 0 Å². The zero-order valence-electron chi connectivity index (χ0n) is 79.2. The van der Waals surface area contributed by atoms with Crippen LogP contribution in [0.25, 0.3) is 276 Å². The Labute approximate surface area is 831 Å². The van der Waals surface area contributed by atoms with Gasteiger partial charge in [-0.25, -0.2) is 29.9 Å². The van der Waals surface area contributed by atoms with Gasteiger partial charge in [-0.2, -0.15) is 0 Å². The maximum absolute atomic E-state index is 5.33. The van der Waals surface area contributed by atoms with Crippen molar-refractivity contribution in [2.75, 3.05) is 0 Å². The molecule has 0 aliphatic heterocycles. The van der Waals surface area contributed by atoms with E-state index in [-0.39, 0.29) is 0 Å². The molecule has 21 aromatic carbocycles. The minimum Gasteiger partial charge on any atom is -0.327 e. The lowest BCUT2D eigenvalue weighted by molar-refractivity contribution is 0.950. The van der Waals surface area contributed by atoms with Gasteiger partial charge in [-0.05, 0) is 267 Å². The molecule has 0 atom stereocenters. The van der Waals surface area contributed by atoms with Crippen LogP contribution in [0.15, 0.2) is 492 Å². The highest BCUT2D eigenvalue weighted by molar-refractivity contribution is 6.25. The Morgan fingerprint density at radius 3 is 0.715 bits per heavy atom. The van der Waals surface area contributed by atoms with Crippen LogP contribution in [0.4, 0.5) is 0 Å². The Bertz CT molecular complexity index is 9360. The molecule has 676 valence electrons. The van der Waals surface area contributed by atoms with Gasteiger partial charge in [0.05, 0.1) is 61.6 Å². The van der Waals surface area contributed by atoms with E-state index < -0.39 is 0 Å². The summed E-state index contributed by atoms with van der Waals surface area (Å²) in [6.07, 6.45) is 1.79. The first-order chi connectivity index (χ1) is 71.1. The third kappa shape index (κ3) is 15.3. The molecule has 0 amide bonds. The Hall–Kier alpha value is -19.0. The maximum atomic E-state index is 5.33. The number of fused-ring (bicyclic) bond motifs is 12. The lowest BCUT2D eigenvalue weighted by Gasteiger charge is -2.18.